The highest BCUT2D eigenvalue weighted by atomic mass is 16.3. The van der Waals surface area contributed by atoms with Crippen molar-refractivity contribution in [2.75, 3.05) is 18.0 Å². The van der Waals surface area contributed by atoms with E-state index in [1.807, 2.05) is 31.2 Å². The molecule has 0 unspecified atom stereocenters. The summed E-state index contributed by atoms with van der Waals surface area (Å²) in [6, 6.07) is 15.6. The van der Waals surface area contributed by atoms with E-state index in [0.717, 1.165) is 35.5 Å². The van der Waals surface area contributed by atoms with Gasteiger partial charge in [-0.1, -0.05) is 38.1 Å². The summed E-state index contributed by atoms with van der Waals surface area (Å²) in [5.41, 5.74) is 8.93. The van der Waals surface area contributed by atoms with Gasteiger partial charge in [0, 0.05) is 36.0 Å². The van der Waals surface area contributed by atoms with Crippen molar-refractivity contribution in [3.63, 3.8) is 0 Å². The van der Waals surface area contributed by atoms with Crippen LogP contribution in [0.4, 0.5) is 5.69 Å². The Bertz CT molecular complexity index is 1070. The fourth-order valence-corrected chi connectivity index (χ4v) is 3.77. The van der Waals surface area contributed by atoms with Crippen molar-refractivity contribution in [2.24, 2.45) is 5.10 Å². The number of carbonyl (C=O) groups excluding carboxylic acids is 1. The lowest BCUT2D eigenvalue weighted by molar-refractivity contribution is 0.0956. The molecule has 0 fully saturated rings. The van der Waals surface area contributed by atoms with E-state index in [4.69, 9.17) is 0 Å². The van der Waals surface area contributed by atoms with Gasteiger partial charge in [0.05, 0.1) is 6.21 Å². The Labute approximate surface area is 184 Å². The zero-order chi connectivity index (χ0) is 22.5. The van der Waals surface area contributed by atoms with Gasteiger partial charge in [-0.3, -0.25) is 4.79 Å². The van der Waals surface area contributed by atoms with Crippen LogP contribution in [0.15, 0.2) is 53.6 Å². The van der Waals surface area contributed by atoms with Crippen LogP contribution in [0.3, 0.4) is 0 Å². The minimum atomic E-state index is -0.269. The number of fused-ring (bicyclic) bond motifs is 1. The maximum Gasteiger partial charge on any atom is 0.272 e. The zero-order valence-corrected chi connectivity index (χ0v) is 18.9. The fraction of sp³-hybridized carbons (Fsp3) is 0.308. The van der Waals surface area contributed by atoms with Crippen LogP contribution >= 0.6 is 0 Å². The van der Waals surface area contributed by atoms with E-state index in [0.29, 0.717) is 17.0 Å². The van der Waals surface area contributed by atoms with E-state index in [1.54, 1.807) is 12.1 Å². The molecule has 162 valence electrons. The largest absolute Gasteiger partial charge is 0.507 e. The molecule has 31 heavy (non-hydrogen) atoms. The van der Waals surface area contributed by atoms with Gasteiger partial charge in [-0.25, -0.2) is 5.43 Å². The molecular formula is C26H31N3O2. The van der Waals surface area contributed by atoms with Gasteiger partial charge in [-0.2, -0.15) is 5.10 Å². The molecule has 0 radical (unpaired) electrons. The molecule has 0 spiro atoms. The fourth-order valence-electron chi connectivity index (χ4n) is 3.77. The van der Waals surface area contributed by atoms with E-state index in [1.165, 1.54) is 11.8 Å². The first-order valence-corrected chi connectivity index (χ1v) is 10.8. The predicted molar refractivity (Wildman–Crippen MR) is 129 cm³/mol. The van der Waals surface area contributed by atoms with Gasteiger partial charge in [0.25, 0.3) is 5.91 Å². The standard InChI is InChI=1S/C26H31N3O2/c1-6-29(7-2)21-12-11-20(25(30)15-21)16-27-28-26(31)24-13-18(5)22-10-8-9-19(17(3)4)14-23(22)24/h8-17,30H,6-7H2,1-5H3,(H,28,31). The number of phenolic OH excluding ortho intramolecular Hbond substituents is 1. The Morgan fingerprint density at radius 3 is 2.48 bits per heavy atom. The van der Waals surface area contributed by atoms with Crippen LogP contribution in [-0.4, -0.2) is 30.3 Å². The molecule has 2 aliphatic carbocycles. The number of hydrazone groups is 1. The Morgan fingerprint density at radius 1 is 1.10 bits per heavy atom. The number of carbonyl (C=O) groups is 1. The summed E-state index contributed by atoms with van der Waals surface area (Å²) < 4.78 is 0. The molecule has 0 saturated heterocycles. The number of aryl methyl sites for hydroxylation is 1. The summed E-state index contributed by atoms with van der Waals surface area (Å²) in [6.07, 6.45) is 1.47. The molecule has 0 aromatic heterocycles. The predicted octanol–water partition coefficient (Wildman–Crippen LogP) is 5.54. The summed E-state index contributed by atoms with van der Waals surface area (Å²) in [7, 11) is 0. The van der Waals surface area contributed by atoms with Crippen molar-refractivity contribution in [1.82, 2.24) is 5.43 Å². The number of hydrogen-bond donors (Lipinski definition) is 2. The lowest BCUT2D eigenvalue weighted by Gasteiger charge is -2.21. The molecule has 5 heteroatoms. The summed E-state index contributed by atoms with van der Waals surface area (Å²) >= 11 is 0. The summed E-state index contributed by atoms with van der Waals surface area (Å²) in [5, 5.41) is 14.4. The van der Waals surface area contributed by atoms with Gasteiger partial charge in [-0.05, 0) is 67.1 Å². The monoisotopic (exact) mass is 417 g/mol. The topological polar surface area (TPSA) is 64.9 Å². The number of aromatic hydroxyl groups is 1. The van der Waals surface area contributed by atoms with E-state index >= 15 is 0 Å². The first-order valence-electron chi connectivity index (χ1n) is 10.8. The van der Waals surface area contributed by atoms with Crippen LogP contribution in [0.25, 0.3) is 11.1 Å². The second-order valence-corrected chi connectivity index (χ2v) is 8.01. The van der Waals surface area contributed by atoms with Crippen LogP contribution in [0.2, 0.25) is 0 Å². The highest BCUT2D eigenvalue weighted by Crippen LogP contribution is 2.33. The number of amides is 1. The molecule has 0 saturated carbocycles. The van der Waals surface area contributed by atoms with E-state index in [-0.39, 0.29) is 11.7 Å². The lowest BCUT2D eigenvalue weighted by Crippen LogP contribution is -2.21. The minimum absolute atomic E-state index is 0.130. The van der Waals surface area contributed by atoms with Crippen molar-refractivity contribution >= 4 is 17.8 Å². The van der Waals surface area contributed by atoms with Gasteiger partial charge in [0.15, 0.2) is 0 Å². The number of anilines is 1. The normalized spacial score (nSPS) is 11.4. The van der Waals surface area contributed by atoms with Crippen molar-refractivity contribution in [1.29, 1.82) is 0 Å². The number of nitrogens with one attached hydrogen (secondary N) is 1. The molecule has 1 aromatic carbocycles. The molecule has 5 nitrogen and oxygen atoms in total. The second kappa shape index (κ2) is 9.65. The lowest BCUT2D eigenvalue weighted by atomic mass is 10.0. The van der Waals surface area contributed by atoms with E-state index in [2.05, 4.69) is 55.3 Å². The third kappa shape index (κ3) is 4.88. The maximum absolute atomic E-state index is 12.9. The first-order chi connectivity index (χ1) is 14.8. The molecule has 0 aliphatic heterocycles. The number of phenols is 1. The van der Waals surface area contributed by atoms with Crippen LogP contribution in [0.5, 0.6) is 5.75 Å². The molecule has 2 N–H and O–H groups in total. The second-order valence-electron chi connectivity index (χ2n) is 8.01. The highest BCUT2D eigenvalue weighted by Gasteiger charge is 2.18. The van der Waals surface area contributed by atoms with Crippen molar-refractivity contribution in [3.8, 4) is 16.9 Å². The van der Waals surface area contributed by atoms with Gasteiger partial charge >= 0.3 is 0 Å². The van der Waals surface area contributed by atoms with E-state index in [9.17, 15) is 9.90 Å². The minimum Gasteiger partial charge on any atom is -0.507 e. The molecule has 0 atom stereocenters. The summed E-state index contributed by atoms with van der Waals surface area (Å²) in [6.45, 7) is 12.2. The Hall–Kier alpha value is -3.34. The Morgan fingerprint density at radius 2 is 1.84 bits per heavy atom. The Balaban J connectivity index is 1.81. The third-order valence-corrected chi connectivity index (χ3v) is 5.65. The van der Waals surface area contributed by atoms with Crippen molar-refractivity contribution in [2.45, 2.75) is 40.5 Å². The molecule has 3 rings (SSSR count). The van der Waals surface area contributed by atoms with Crippen LogP contribution in [-0.2, 0) is 0 Å². The number of nitrogens with zero attached hydrogens (tertiary/aromatic N) is 2. The van der Waals surface area contributed by atoms with Crippen LogP contribution in [0.1, 0.15) is 60.7 Å². The molecular weight excluding hydrogens is 386 g/mol. The van der Waals surface area contributed by atoms with Crippen LogP contribution in [0, 0.1) is 6.92 Å². The molecule has 0 heterocycles. The first kappa shape index (κ1) is 22.3. The van der Waals surface area contributed by atoms with Gasteiger partial charge < -0.3 is 10.0 Å². The van der Waals surface area contributed by atoms with Gasteiger partial charge in [0.2, 0.25) is 0 Å². The number of rotatable bonds is 7. The number of hydrogen-bond acceptors (Lipinski definition) is 4. The maximum atomic E-state index is 12.9. The van der Waals surface area contributed by atoms with Gasteiger partial charge in [-0.15, -0.1) is 0 Å². The average Bonchev–Trinajstić information content (AvgIpc) is 2.91. The Kier molecular flexibility index (Phi) is 6.95. The van der Waals surface area contributed by atoms with Crippen LogP contribution < -0.4 is 10.3 Å². The average molecular weight is 418 g/mol. The quantitative estimate of drug-likeness (QED) is 0.392. The summed E-state index contributed by atoms with van der Waals surface area (Å²) in [4.78, 5) is 15.0. The van der Waals surface area contributed by atoms with E-state index < -0.39 is 0 Å². The molecule has 1 aromatic rings. The SMILES string of the molecule is CCN(CC)c1ccc(C=NNC(=O)c2cc(C)c3cccc(C(C)C)cc2-3)c(O)c1. The third-order valence-electron chi connectivity index (χ3n) is 5.65. The molecule has 0 bridgehead atoms. The highest BCUT2D eigenvalue weighted by molar-refractivity contribution is 6.03. The number of benzene rings is 1. The smallest absolute Gasteiger partial charge is 0.272 e. The van der Waals surface area contributed by atoms with Crippen molar-refractivity contribution < 1.29 is 9.90 Å². The van der Waals surface area contributed by atoms with Gasteiger partial charge in [0.1, 0.15) is 5.75 Å². The summed E-state index contributed by atoms with van der Waals surface area (Å²) in [5.74, 6) is 0.224. The molecule has 1 amide bonds. The van der Waals surface area contributed by atoms with Crippen molar-refractivity contribution in [3.05, 3.63) is 70.8 Å². The zero-order valence-electron chi connectivity index (χ0n) is 18.9. The molecule has 2 aliphatic rings.